The van der Waals surface area contributed by atoms with Crippen molar-refractivity contribution in [1.29, 1.82) is 0 Å². The highest BCUT2D eigenvalue weighted by molar-refractivity contribution is 6.03. The van der Waals surface area contributed by atoms with Crippen LogP contribution in [0.2, 0.25) is 0 Å². The summed E-state index contributed by atoms with van der Waals surface area (Å²) in [5.74, 6) is 1.64. The molecule has 0 saturated carbocycles. The van der Waals surface area contributed by atoms with Gasteiger partial charge in [0.05, 0.1) is 0 Å². The van der Waals surface area contributed by atoms with Crippen molar-refractivity contribution < 1.29 is 0 Å². The third-order valence-corrected chi connectivity index (χ3v) is 11.1. The Morgan fingerprint density at radius 1 is 0.660 bits per heavy atom. The molecule has 2 unspecified atom stereocenters. The van der Waals surface area contributed by atoms with Crippen LogP contribution in [-0.4, -0.2) is 0 Å². The normalized spacial score (nSPS) is 16.0. The van der Waals surface area contributed by atoms with E-state index in [1.807, 2.05) is 0 Å². The lowest BCUT2D eigenvalue weighted by atomic mass is 9.74. The largest absolute Gasteiger partial charge is 0.0645 e. The van der Waals surface area contributed by atoms with Crippen LogP contribution >= 0.6 is 0 Å². The molecule has 2 atom stereocenters. The topological polar surface area (TPSA) is 0 Å². The molecule has 2 aliphatic rings. The molecule has 236 valence electrons. The van der Waals surface area contributed by atoms with E-state index in [9.17, 15) is 0 Å². The van der Waals surface area contributed by atoms with Crippen molar-refractivity contribution in [3.63, 3.8) is 0 Å². The van der Waals surface area contributed by atoms with Crippen LogP contribution in [-0.2, 0) is 11.8 Å². The second kappa shape index (κ2) is 12.3. The van der Waals surface area contributed by atoms with Crippen molar-refractivity contribution in [3.8, 4) is 22.3 Å². The van der Waals surface area contributed by atoms with Gasteiger partial charge in [0, 0.05) is 11.3 Å². The molecule has 8 rings (SSSR count). The number of hydrogen-bond acceptors (Lipinski definition) is 0. The zero-order valence-electron chi connectivity index (χ0n) is 29.2. The predicted octanol–water partition coefficient (Wildman–Crippen LogP) is 13.1. The van der Waals surface area contributed by atoms with E-state index in [2.05, 4.69) is 170 Å². The summed E-state index contributed by atoms with van der Waals surface area (Å²) in [5, 5.41) is 2.77. The van der Waals surface area contributed by atoms with E-state index in [-0.39, 0.29) is 5.41 Å². The molecule has 0 radical (unpaired) electrons. The molecule has 0 fully saturated rings. The molecule has 6 aromatic rings. The highest BCUT2D eigenvalue weighted by atomic mass is 14.4. The van der Waals surface area contributed by atoms with Gasteiger partial charge in [-0.15, -0.1) is 0 Å². The molecule has 6 aromatic carbocycles. The molecule has 0 heteroatoms. The van der Waals surface area contributed by atoms with Gasteiger partial charge in [-0.1, -0.05) is 163 Å². The molecular weight excluding hydrogens is 565 g/mol. The van der Waals surface area contributed by atoms with Crippen LogP contribution in [0, 0.1) is 6.92 Å². The lowest BCUT2D eigenvalue weighted by Crippen LogP contribution is -2.15. The lowest BCUT2D eigenvalue weighted by Gasteiger charge is -2.30. The Kier molecular flexibility index (Phi) is 8.17. The van der Waals surface area contributed by atoms with Crippen LogP contribution in [0.5, 0.6) is 0 Å². The first kappa shape index (κ1) is 31.2. The minimum Gasteiger partial charge on any atom is -0.0645 e. The molecule has 0 heterocycles. The zero-order chi connectivity index (χ0) is 32.9. The van der Waals surface area contributed by atoms with Crippen LogP contribution in [0.25, 0.3) is 33.0 Å². The number of hydrogen-bond donors (Lipinski definition) is 0. The second-order valence-corrected chi connectivity index (χ2v) is 14.7. The third kappa shape index (κ3) is 5.33. The summed E-state index contributed by atoms with van der Waals surface area (Å²) in [6.07, 6.45) is 2.28. The highest BCUT2D eigenvalue weighted by Gasteiger charge is 2.37. The van der Waals surface area contributed by atoms with Crippen LogP contribution < -0.4 is 0 Å². The first-order valence-electron chi connectivity index (χ1n) is 17.6. The Morgan fingerprint density at radius 2 is 1.34 bits per heavy atom. The van der Waals surface area contributed by atoms with Crippen molar-refractivity contribution in [2.75, 3.05) is 0 Å². The Labute approximate surface area is 282 Å². The van der Waals surface area contributed by atoms with E-state index >= 15 is 0 Å². The minimum atomic E-state index is 0.0738. The molecule has 0 amide bonds. The first-order valence-corrected chi connectivity index (χ1v) is 17.6. The Hall–Kier alpha value is -4.42. The summed E-state index contributed by atoms with van der Waals surface area (Å²) < 4.78 is 0. The fourth-order valence-corrected chi connectivity index (χ4v) is 8.46. The van der Waals surface area contributed by atoms with Gasteiger partial charge in [-0.05, 0) is 109 Å². The van der Waals surface area contributed by atoms with Crippen LogP contribution in [0.4, 0.5) is 0 Å². The van der Waals surface area contributed by atoms with Crippen LogP contribution in [0.1, 0.15) is 110 Å². The SMILES string of the molecule is CCC(c1ccccc1)c1cccc2c1CC(C)c1ccccc1-2.Cc1cc2c(c3ccccc13)-c1ccc(C(C)C)cc1C2(C)C. The monoisotopic (exact) mass is 612 g/mol. The summed E-state index contributed by atoms with van der Waals surface area (Å²) in [6, 6.07) is 45.1. The van der Waals surface area contributed by atoms with Crippen molar-refractivity contribution in [2.45, 2.75) is 84.5 Å². The molecule has 0 N–H and O–H groups in total. The van der Waals surface area contributed by atoms with E-state index in [0.29, 0.717) is 17.8 Å². The number of fused-ring (bicyclic) bond motifs is 8. The molecule has 0 bridgehead atoms. The number of benzene rings is 6. The maximum absolute atomic E-state index is 2.43. The zero-order valence-corrected chi connectivity index (χ0v) is 29.2. The van der Waals surface area contributed by atoms with Crippen molar-refractivity contribution in [1.82, 2.24) is 0 Å². The lowest BCUT2D eigenvalue weighted by molar-refractivity contribution is 0.658. The number of rotatable bonds is 4. The molecule has 47 heavy (non-hydrogen) atoms. The Morgan fingerprint density at radius 3 is 2.09 bits per heavy atom. The molecule has 0 saturated heterocycles. The summed E-state index contributed by atoms with van der Waals surface area (Å²) in [4.78, 5) is 0. The Bertz CT molecular complexity index is 2070. The minimum absolute atomic E-state index is 0.0738. The fraction of sp³-hybridized carbons (Fsp3) is 0.277. The van der Waals surface area contributed by atoms with Gasteiger partial charge in [0.2, 0.25) is 0 Å². The van der Waals surface area contributed by atoms with Gasteiger partial charge in [0.25, 0.3) is 0 Å². The average molecular weight is 613 g/mol. The van der Waals surface area contributed by atoms with Gasteiger partial charge >= 0.3 is 0 Å². The Balaban J connectivity index is 0.000000150. The van der Waals surface area contributed by atoms with Gasteiger partial charge in [-0.25, -0.2) is 0 Å². The van der Waals surface area contributed by atoms with Gasteiger partial charge in [0.1, 0.15) is 0 Å². The van der Waals surface area contributed by atoms with Gasteiger partial charge < -0.3 is 0 Å². The van der Waals surface area contributed by atoms with Crippen LogP contribution in [0.3, 0.4) is 0 Å². The van der Waals surface area contributed by atoms with E-state index in [0.717, 1.165) is 12.8 Å². The third-order valence-electron chi connectivity index (χ3n) is 11.1. The second-order valence-electron chi connectivity index (χ2n) is 14.7. The highest BCUT2D eigenvalue weighted by Crippen LogP contribution is 2.52. The molecule has 2 aliphatic carbocycles. The molecular formula is C47H48. The van der Waals surface area contributed by atoms with Crippen LogP contribution in [0.15, 0.2) is 121 Å². The quantitative estimate of drug-likeness (QED) is 0.186. The molecule has 0 spiro atoms. The summed E-state index contributed by atoms with van der Waals surface area (Å²) in [5.41, 5.74) is 17.6. The van der Waals surface area contributed by atoms with Crippen molar-refractivity contribution in [3.05, 3.63) is 166 Å². The predicted molar refractivity (Wildman–Crippen MR) is 203 cm³/mol. The molecule has 0 aliphatic heterocycles. The van der Waals surface area contributed by atoms with Crippen molar-refractivity contribution in [2.24, 2.45) is 0 Å². The van der Waals surface area contributed by atoms with Crippen molar-refractivity contribution >= 4 is 10.8 Å². The van der Waals surface area contributed by atoms with E-state index in [4.69, 9.17) is 0 Å². The van der Waals surface area contributed by atoms with Gasteiger partial charge in [-0.2, -0.15) is 0 Å². The summed E-state index contributed by atoms with van der Waals surface area (Å²) >= 11 is 0. The van der Waals surface area contributed by atoms with E-state index in [1.165, 1.54) is 72.0 Å². The van der Waals surface area contributed by atoms with E-state index < -0.39 is 0 Å². The van der Waals surface area contributed by atoms with Gasteiger partial charge in [0.15, 0.2) is 0 Å². The summed E-state index contributed by atoms with van der Waals surface area (Å²) in [6.45, 7) is 16.2. The van der Waals surface area contributed by atoms with Gasteiger partial charge in [-0.3, -0.25) is 0 Å². The molecule has 0 nitrogen and oxygen atoms in total. The first-order chi connectivity index (χ1) is 22.7. The average Bonchev–Trinajstić information content (AvgIpc) is 3.32. The molecule has 0 aromatic heterocycles. The summed E-state index contributed by atoms with van der Waals surface area (Å²) in [7, 11) is 0. The van der Waals surface area contributed by atoms with E-state index in [1.54, 1.807) is 5.56 Å². The maximum atomic E-state index is 2.43. The fourth-order valence-electron chi connectivity index (χ4n) is 8.46. The maximum Gasteiger partial charge on any atom is 0.0159 e. The standard InChI is InChI=1S/C24H24.C23H24/c1-3-19(18-10-5-4-6-11-18)21-14-9-15-23-22-13-8-7-12-20(22)17(2)16-24(21)23;1-14(2)16-10-11-19-20(13-16)23(4,5)21-12-15(3)17-8-6-7-9-18(17)22(19)21/h4-15,17,19H,3,16H2,1-2H3;6-14H,1-5H3. The number of aryl methyl sites for hydroxylation is 1. The smallest absolute Gasteiger partial charge is 0.0159 e.